The predicted octanol–water partition coefficient (Wildman–Crippen LogP) is 2.56. The van der Waals surface area contributed by atoms with Gasteiger partial charge in [-0.05, 0) is 24.3 Å². The Hall–Kier alpha value is -1.55. The van der Waals surface area contributed by atoms with Crippen LogP contribution < -0.4 is 5.48 Å². The van der Waals surface area contributed by atoms with E-state index in [1.54, 1.807) is 0 Å². The molecule has 98 valence electrons. The summed E-state index contributed by atoms with van der Waals surface area (Å²) in [7, 11) is 0. The van der Waals surface area contributed by atoms with Crippen LogP contribution in [0.5, 0.6) is 0 Å². The fraction of sp³-hybridized carbons (Fsp3) is 0.500. The number of nitrogens with zero attached hydrogens (tertiary/aromatic N) is 1. The van der Waals surface area contributed by atoms with E-state index in [0.29, 0.717) is 12.5 Å². The highest BCUT2D eigenvalue weighted by Gasteiger charge is 2.20. The number of hydroxylamine groups is 1. The summed E-state index contributed by atoms with van der Waals surface area (Å²) in [5, 5.41) is 0. The highest BCUT2D eigenvalue weighted by Crippen LogP contribution is 2.15. The number of rotatable bonds is 3. The molecule has 0 aromatic heterocycles. The summed E-state index contributed by atoms with van der Waals surface area (Å²) in [4.78, 5) is 18.9. The second-order valence-electron chi connectivity index (χ2n) is 4.87. The molecule has 4 nitrogen and oxygen atoms in total. The van der Waals surface area contributed by atoms with Crippen LogP contribution in [0.2, 0.25) is 0 Å². The first kappa shape index (κ1) is 12.9. The van der Waals surface area contributed by atoms with Crippen LogP contribution in [0.1, 0.15) is 25.3 Å². The second-order valence-corrected chi connectivity index (χ2v) is 4.87. The number of piperidine rings is 1. The SMILES string of the molecule is CC1CCCN(C(=O)NOCc2ccccc2)C1. The zero-order valence-electron chi connectivity index (χ0n) is 10.8. The Balaban J connectivity index is 1.71. The van der Waals surface area contributed by atoms with Crippen molar-refractivity contribution in [3.8, 4) is 0 Å². The Kier molecular flexibility index (Phi) is 4.59. The smallest absolute Gasteiger partial charge is 0.323 e. The molecule has 1 heterocycles. The molecule has 0 aliphatic carbocycles. The van der Waals surface area contributed by atoms with Crippen LogP contribution in [0.4, 0.5) is 4.79 Å². The summed E-state index contributed by atoms with van der Waals surface area (Å²) < 4.78 is 0. The number of hydrogen-bond donors (Lipinski definition) is 1. The lowest BCUT2D eigenvalue weighted by Crippen LogP contribution is -2.44. The van der Waals surface area contributed by atoms with Gasteiger partial charge in [-0.15, -0.1) is 0 Å². The first-order chi connectivity index (χ1) is 8.75. The number of carbonyl (C=O) groups excluding carboxylic acids is 1. The first-order valence-electron chi connectivity index (χ1n) is 6.46. The average Bonchev–Trinajstić information content (AvgIpc) is 2.40. The van der Waals surface area contributed by atoms with Gasteiger partial charge in [-0.3, -0.25) is 4.84 Å². The van der Waals surface area contributed by atoms with Gasteiger partial charge in [-0.2, -0.15) is 0 Å². The van der Waals surface area contributed by atoms with E-state index in [2.05, 4.69) is 12.4 Å². The molecule has 1 N–H and O–H groups in total. The van der Waals surface area contributed by atoms with E-state index in [-0.39, 0.29) is 6.03 Å². The van der Waals surface area contributed by atoms with E-state index >= 15 is 0 Å². The number of carbonyl (C=O) groups is 1. The van der Waals surface area contributed by atoms with Gasteiger partial charge in [0, 0.05) is 13.1 Å². The van der Waals surface area contributed by atoms with E-state index in [9.17, 15) is 4.79 Å². The summed E-state index contributed by atoms with van der Waals surface area (Å²) in [6.07, 6.45) is 2.28. The predicted molar refractivity (Wildman–Crippen MR) is 69.7 cm³/mol. The van der Waals surface area contributed by atoms with Crippen LogP contribution in [0.3, 0.4) is 0 Å². The molecule has 1 unspecified atom stereocenters. The summed E-state index contributed by atoms with van der Waals surface area (Å²) in [5.74, 6) is 0.582. The third-order valence-electron chi connectivity index (χ3n) is 3.19. The molecule has 1 saturated heterocycles. The quantitative estimate of drug-likeness (QED) is 0.835. The molecule has 0 bridgehead atoms. The van der Waals surface area contributed by atoms with Gasteiger partial charge in [0.25, 0.3) is 0 Å². The number of urea groups is 1. The van der Waals surface area contributed by atoms with Gasteiger partial charge in [0.2, 0.25) is 0 Å². The van der Waals surface area contributed by atoms with Crippen LogP contribution >= 0.6 is 0 Å². The molecule has 0 saturated carbocycles. The van der Waals surface area contributed by atoms with Crippen LogP contribution in [-0.4, -0.2) is 24.0 Å². The summed E-state index contributed by atoms with van der Waals surface area (Å²) >= 11 is 0. The van der Waals surface area contributed by atoms with E-state index in [1.807, 2.05) is 35.2 Å². The van der Waals surface area contributed by atoms with E-state index in [1.165, 1.54) is 6.42 Å². The molecule has 1 fully saturated rings. The maximum absolute atomic E-state index is 11.8. The van der Waals surface area contributed by atoms with Crippen molar-refractivity contribution < 1.29 is 9.63 Å². The lowest BCUT2D eigenvalue weighted by molar-refractivity contribution is 0.0323. The van der Waals surface area contributed by atoms with Gasteiger partial charge in [0.1, 0.15) is 0 Å². The minimum atomic E-state index is -0.127. The van der Waals surface area contributed by atoms with Gasteiger partial charge in [-0.1, -0.05) is 37.3 Å². The van der Waals surface area contributed by atoms with Crippen LogP contribution in [0.25, 0.3) is 0 Å². The van der Waals surface area contributed by atoms with Crippen LogP contribution in [0, 0.1) is 5.92 Å². The van der Waals surface area contributed by atoms with Crippen molar-refractivity contribution in [2.75, 3.05) is 13.1 Å². The van der Waals surface area contributed by atoms with Crippen molar-refractivity contribution in [2.45, 2.75) is 26.4 Å². The maximum Gasteiger partial charge on any atom is 0.341 e. The molecular weight excluding hydrogens is 228 g/mol. The molecule has 1 aromatic carbocycles. The zero-order chi connectivity index (χ0) is 12.8. The summed E-state index contributed by atoms with van der Waals surface area (Å²) in [5.41, 5.74) is 3.55. The number of hydrogen-bond acceptors (Lipinski definition) is 2. The lowest BCUT2D eigenvalue weighted by Gasteiger charge is -2.30. The Morgan fingerprint density at radius 1 is 1.44 bits per heavy atom. The normalized spacial score (nSPS) is 19.6. The molecule has 0 spiro atoms. The van der Waals surface area contributed by atoms with Crippen molar-refractivity contribution in [1.29, 1.82) is 0 Å². The monoisotopic (exact) mass is 248 g/mol. The lowest BCUT2D eigenvalue weighted by atomic mass is 10.0. The third-order valence-corrected chi connectivity index (χ3v) is 3.19. The number of nitrogens with one attached hydrogen (secondary N) is 1. The molecule has 0 radical (unpaired) electrons. The molecule has 2 rings (SSSR count). The van der Waals surface area contributed by atoms with Crippen molar-refractivity contribution in [3.05, 3.63) is 35.9 Å². The van der Waals surface area contributed by atoms with E-state index in [0.717, 1.165) is 25.1 Å². The Labute approximate surface area is 108 Å². The van der Waals surface area contributed by atoms with Crippen molar-refractivity contribution in [1.82, 2.24) is 10.4 Å². The number of benzene rings is 1. The van der Waals surface area contributed by atoms with Gasteiger partial charge >= 0.3 is 6.03 Å². The Morgan fingerprint density at radius 3 is 2.94 bits per heavy atom. The Bertz CT molecular complexity index is 381. The minimum Gasteiger partial charge on any atom is -0.323 e. The van der Waals surface area contributed by atoms with Crippen molar-refractivity contribution >= 4 is 6.03 Å². The fourth-order valence-corrected chi connectivity index (χ4v) is 2.19. The molecule has 2 amide bonds. The molecule has 1 aromatic rings. The number of amides is 2. The molecule has 1 aliphatic heterocycles. The van der Waals surface area contributed by atoms with Crippen molar-refractivity contribution in [2.24, 2.45) is 5.92 Å². The molecule has 4 heteroatoms. The average molecular weight is 248 g/mol. The Morgan fingerprint density at radius 2 is 2.22 bits per heavy atom. The van der Waals surface area contributed by atoms with E-state index < -0.39 is 0 Å². The third kappa shape index (κ3) is 3.74. The van der Waals surface area contributed by atoms with Gasteiger partial charge in [0.15, 0.2) is 0 Å². The summed E-state index contributed by atoms with van der Waals surface area (Å²) in [6.45, 7) is 4.21. The zero-order valence-corrected chi connectivity index (χ0v) is 10.8. The first-order valence-corrected chi connectivity index (χ1v) is 6.46. The molecule has 1 atom stereocenters. The second kappa shape index (κ2) is 6.40. The van der Waals surface area contributed by atoms with Gasteiger partial charge in [-0.25, -0.2) is 10.3 Å². The molecule has 1 aliphatic rings. The van der Waals surface area contributed by atoms with Gasteiger partial charge < -0.3 is 4.90 Å². The highest BCUT2D eigenvalue weighted by molar-refractivity contribution is 5.73. The van der Waals surface area contributed by atoms with Crippen molar-refractivity contribution in [3.63, 3.8) is 0 Å². The maximum atomic E-state index is 11.8. The largest absolute Gasteiger partial charge is 0.341 e. The van der Waals surface area contributed by atoms with E-state index in [4.69, 9.17) is 4.84 Å². The summed E-state index contributed by atoms with van der Waals surface area (Å²) in [6, 6.07) is 9.67. The van der Waals surface area contributed by atoms with Crippen LogP contribution in [0.15, 0.2) is 30.3 Å². The minimum absolute atomic E-state index is 0.127. The molecule has 18 heavy (non-hydrogen) atoms. The van der Waals surface area contributed by atoms with Crippen LogP contribution in [-0.2, 0) is 11.4 Å². The standard InChI is InChI=1S/C14H20N2O2/c1-12-6-5-9-16(10-12)14(17)15-18-11-13-7-3-2-4-8-13/h2-4,7-8,12H,5-6,9-11H2,1H3,(H,15,17). The van der Waals surface area contributed by atoms with Gasteiger partial charge in [0.05, 0.1) is 6.61 Å². The number of likely N-dealkylation sites (tertiary alicyclic amines) is 1. The fourth-order valence-electron chi connectivity index (χ4n) is 2.19. The highest BCUT2D eigenvalue weighted by atomic mass is 16.7. The topological polar surface area (TPSA) is 41.6 Å². The molecular formula is C14H20N2O2.